The number of aromatic nitrogens is 3. The van der Waals surface area contributed by atoms with Gasteiger partial charge in [-0.05, 0) is 31.4 Å². The van der Waals surface area contributed by atoms with E-state index < -0.39 is 11.9 Å². The third-order valence-electron chi connectivity index (χ3n) is 4.84. The van der Waals surface area contributed by atoms with Crippen molar-refractivity contribution in [3.63, 3.8) is 0 Å². The van der Waals surface area contributed by atoms with Crippen LogP contribution in [-0.4, -0.2) is 39.0 Å². The summed E-state index contributed by atoms with van der Waals surface area (Å²) < 4.78 is 16.4. The second kappa shape index (κ2) is 10.4. The molecule has 9 heteroatoms. The molecule has 29 heavy (non-hydrogen) atoms. The largest absolute Gasteiger partial charge is 0.338 e. The molecule has 1 heterocycles. The molecule has 7 nitrogen and oxygen atoms in total. The zero-order valence-corrected chi connectivity index (χ0v) is 17.3. The number of urea groups is 1. The minimum Gasteiger partial charge on any atom is -0.338 e. The number of nitrogens with one attached hydrogen (secondary N) is 2. The number of carbonyl (C=O) groups is 2. The molecule has 0 aliphatic heterocycles. The molecule has 3 rings (SSSR count). The molecule has 2 N–H and O–H groups in total. The lowest BCUT2D eigenvalue weighted by Gasteiger charge is -2.25. The second-order valence-corrected chi connectivity index (χ2v) is 7.98. The Balaban J connectivity index is 1.77. The highest BCUT2D eigenvalue weighted by Gasteiger charge is 2.25. The van der Waals surface area contributed by atoms with Gasteiger partial charge >= 0.3 is 6.03 Å². The Labute approximate surface area is 173 Å². The van der Waals surface area contributed by atoms with Crippen LogP contribution in [0.4, 0.5) is 9.18 Å². The molecule has 0 spiro atoms. The highest BCUT2D eigenvalue weighted by atomic mass is 32.2. The minimum atomic E-state index is -0.502. The van der Waals surface area contributed by atoms with Gasteiger partial charge in [-0.1, -0.05) is 50.1 Å². The molecular formula is C20H26FN5O2S. The van der Waals surface area contributed by atoms with E-state index in [0.29, 0.717) is 23.1 Å². The molecular weight excluding hydrogens is 393 g/mol. The van der Waals surface area contributed by atoms with Crippen molar-refractivity contribution in [3.05, 3.63) is 30.1 Å². The van der Waals surface area contributed by atoms with Crippen LogP contribution in [0.2, 0.25) is 0 Å². The molecule has 1 fully saturated rings. The van der Waals surface area contributed by atoms with E-state index in [1.165, 1.54) is 24.2 Å². The molecule has 0 saturated heterocycles. The van der Waals surface area contributed by atoms with Crippen LogP contribution in [0.3, 0.4) is 0 Å². The fraction of sp³-hybridized carbons (Fsp3) is 0.500. The van der Waals surface area contributed by atoms with Crippen molar-refractivity contribution in [2.75, 3.05) is 12.3 Å². The summed E-state index contributed by atoms with van der Waals surface area (Å²) in [6.07, 6.45) is 6.12. The van der Waals surface area contributed by atoms with E-state index >= 15 is 0 Å². The summed E-state index contributed by atoms with van der Waals surface area (Å²) in [6.45, 7) is 2.44. The summed E-state index contributed by atoms with van der Waals surface area (Å²) in [4.78, 5) is 23.7. The van der Waals surface area contributed by atoms with E-state index in [-0.39, 0.29) is 17.6 Å². The van der Waals surface area contributed by atoms with Gasteiger partial charge < -0.3 is 5.32 Å². The van der Waals surface area contributed by atoms with Crippen molar-refractivity contribution in [2.45, 2.75) is 56.6 Å². The van der Waals surface area contributed by atoms with Gasteiger partial charge in [0.25, 0.3) is 0 Å². The van der Waals surface area contributed by atoms with Crippen LogP contribution in [0.15, 0.2) is 29.4 Å². The number of rotatable bonds is 7. The number of imide groups is 1. The standard InChI is InChI=1S/C20H26FN5O2S/c1-2-12-22-19(28)23-17(27)13-29-20-25-24-18(15-10-6-7-11-16(15)21)26(20)14-8-4-3-5-9-14/h6-7,10-11,14H,2-5,8-9,12-13H2,1H3,(H2,22,23,27,28). The number of carbonyl (C=O) groups excluding carboxylic acids is 2. The molecule has 1 aromatic carbocycles. The SMILES string of the molecule is CCCNC(=O)NC(=O)CSc1nnc(-c2ccccc2F)n1C1CCCCC1. The molecule has 2 aromatic rings. The van der Waals surface area contributed by atoms with Gasteiger partial charge in [0.1, 0.15) is 5.82 Å². The molecule has 0 bridgehead atoms. The molecule has 0 atom stereocenters. The average Bonchev–Trinajstić information content (AvgIpc) is 3.15. The Kier molecular flexibility index (Phi) is 7.62. The minimum absolute atomic E-state index is 0.0294. The van der Waals surface area contributed by atoms with Gasteiger partial charge in [0.2, 0.25) is 5.91 Å². The van der Waals surface area contributed by atoms with Gasteiger partial charge in [-0.2, -0.15) is 0 Å². The van der Waals surface area contributed by atoms with E-state index in [9.17, 15) is 14.0 Å². The number of amides is 3. The maximum atomic E-state index is 14.4. The maximum Gasteiger partial charge on any atom is 0.321 e. The molecule has 3 amide bonds. The van der Waals surface area contributed by atoms with E-state index in [1.807, 2.05) is 11.5 Å². The second-order valence-electron chi connectivity index (χ2n) is 7.04. The smallest absolute Gasteiger partial charge is 0.321 e. The summed E-state index contributed by atoms with van der Waals surface area (Å²) in [5, 5.41) is 14.0. The van der Waals surface area contributed by atoms with E-state index in [4.69, 9.17) is 0 Å². The Morgan fingerprint density at radius 1 is 1.21 bits per heavy atom. The van der Waals surface area contributed by atoms with Gasteiger partial charge in [0.05, 0.1) is 11.3 Å². The highest BCUT2D eigenvalue weighted by Crippen LogP contribution is 2.36. The number of halogens is 1. The van der Waals surface area contributed by atoms with Gasteiger partial charge in [-0.25, -0.2) is 9.18 Å². The Morgan fingerprint density at radius 3 is 2.69 bits per heavy atom. The van der Waals surface area contributed by atoms with Gasteiger partial charge in [0.15, 0.2) is 11.0 Å². The van der Waals surface area contributed by atoms with Crippen molar-refractivity contribution in [1.29, 1.82) is 0 Å². The molecule has 0 unspecified atom stereocenters. The van der Waals surface area contributed by atoms with Crippen molar-refractivity contribution in [3.8, 4) is 11.4 Å². The lowest BCUT2D eigenvalue weighted by Crippen LogP contribution is -2.40. The van der Waals surface area contributed by atoms with Gasteiger partial charge in [0, 0.05) is 12.6 Å². The topological polar surface area (TPSA) is 88.9 Å². The normalized spacial score (nSPS) is 14.6. The number of benzene rings is 1. The molecule has 1 aromatic heterocycles. The Hall–Kier alpha value is -2.42. The first-order chi connectivity index (χ1) is 14.1. The third kappa shape index (κ3) is 5.56. The fourth-order valence-corrected chi connectivity index (χ4v) is 4.25. The predicted molar refractivity (Wildman–Crippen MR) is 110 cm³/mol. The van der Waals surface area contributed by atoms with Gasteiger partial charge in [-0.3, -0.25) is 14.7 Å². The maximum absolute atomic E-state index is 14.4. The van der Waals surface area contributed by atoms with E-state index in [2.05, 4.69) is 20.8 Å². The molecule has 1 saturated carbocycles. The zero-order valence-electron chi connectivity index (χ0n) is 16.5. The fourth-order valence-electron chi connectivity index (χ4n) is 3.45. The first-order valence-electron chi connectivity index (χ1n) is 10.0. The van der Waals surface area contributed by atoms with Crippen molar-refractivity contribution in [1.82, 2.24) is 25.4 Å². The van der Waals surface area contributed by atoms with Gasteiger partial charge in [-0.15, -0.1) is 10.2 Å². The van der Waals surface area contributed by atoms with Crippen LogP contribution in [0.5, 0.6) is 0 Å². The van der Waals surface area contributed by atoms with Crippen molar-refractivity contribution < 1.29 is 14.0 Å². The molecule has 1 aliphatic rings. The summed E-state index contributed by atoms with van der Waals surface area (Å²) in [7, 11) is 0. The Bertz CT molecular complexity index is 851. The summed E-state index contributed by atoms with van der Waals surface area (Å²) in [5.41, 5.74) is 0.404. The quantitative estimate of drug-likeness (QED) is 0.664. The van der Waals surface area contributed by atoms with Crippen LogP contribution in [0.1, 0.15) is 51.5 Å². The lowest BCUT2D eigenvalue weighted by atomic mass is 9.95. The zero-order chi connectivity index (χ0) is 20.6. The lowest BCUT2D eigenvalue weighted by molar-refractivity contribution is -0.117. The Morgan fingerprint density at radius 2 is 1.97 bits per heavy atom. The number of nitrogens with zero attached hydrogens (tertiary/aromatic N) is 3. The highest BCUT2D eigenvalue weighted by molar-refractivity contribution is 7.99. The average molecular weight is 420 g/mol. The third-order valence-corrected chi connectivity index (χ3v) is 5.78. The van der Waals surface area contributed by atoms with Crippen molar-refractivity contribution >= 4 is 23.7 Å². The van der Waals surface area contributed by atoms with E-state index in [1.54, 1.807) is 18.2 Å². The number of thioether (sulfide) groups is 1. The van der Waals surface area contributed by atoms with Crippen molar-refractivity contribution in [2.24, 2.45) is 0 Å². The first kappa shape index (κ1) is 21.3. The van der Waals surface area contributed by atoms with Crippen LogP contribution >= 0.6 is 11.8 Å². The molecule has 156 valence electrons. The monoisotopic (exact) mass is 419 g/mol. The van der Waals surface area contributed by atoms with Crippen LogP contribution in [-0.2, 0) is 4.79 Å². The summed E-state index contributed by atoms with van der Waals surface area (Å²) in [6, 6.07) is 6.18. The summed E-state index contributed by atoms with van der Waals surface area (Å²) >= 11 is 1.21. The first-order valence-corrected chi connectivity index (χ1v) is 11.0. The summed E-state index contributed by atoms with van der Waals surface area (Å²) in [5.74, 6) is -0.242. The number of hydrogen-bond acceptors (Lipinski definition) is 5. The van der Waals surface area contributed by atoms with E-state index in [0.717, 1.165) is 32.1 Å². The predicted octanol–water partition coefficient (Wildman–Crippen LogP) is 3.92. The van der Waals surface area contributed by atoms with Crippen LogP contribution < -0.4 is 10.6 Å². The number of hydrogen-bond donors (Lipinski definition) is 2. The molecule has 1 aliphatic carbocycles. The van der Waals surface area contributed by atoms with Crippen LogP contribution in [0.25, 0.3) is 11.4 Å². The molecule has 0 radical (unpaired) electrons. The van der Waals surface area contributed by atoms with Crippen LogP contribution in [0, 0.1) is 5.82 Å².